The van der Waals surface area contributed by atoms with Crippen LogP contribution in [0.25, 0.3) is 22.0 Å². The van der Waals surface area contributed by atoms with Gasteiger partial charge in [-0.3, -0.25) is 0 Å². The van der Waals surface area contributed by atoms with Gasteiger partial charge in [-0.2, -0.15) is 0 Å². The molecule has 0 aliphatic heterocycles. The first-order chi connectivity index (χ1) is 15.6. The minimum absolute atomic E-state index is 0.641. The maximum atomic E-state index is 15.2. The van der Waals surface area contributed by atoms with Crippen molar-refractivity contribution in [2.24, 2.45) is 0 Å². The molecule has 0 radical (unpaired) electrons. The molecule has 1 aromatic heterocycles. The molecular weight excluding hydrogens is 409 g/mol. The van der Waals surface area contributed by atoms with E-state index in [0.29, 0.717) is 5.44 Å². The standard InChI is InChI=1S/C29H24NOP/c1-21-12-16-25(17-13-21)32(31,26-18-14-22(2)15-19-26)29-27-11-7-6-10-24(27)20-28(30-29)23-8-4-3-5-9-23/h3-20H,1-2H3. The molecule has 32 heavy (non-hydrogen) atoms. The van der Waals surface area contributed by atoms with Crippen LogP contribution in [0.15, 0.2) is 109 Å². The lowest BCUT2D eigenvalue weighted by atomic mass is 10.1. The third-order valence-corrected chi connectivity index (χ3v) is 8.87. The number of aromatic nitrogens is 1. The van der Waals surface area contributed by atoms with Crippen LogP contribution in [0.4, 0.5) is 0 Å². The van der Waals surface area contributed by atoms with E-state index in [4.69, 9.17) is 4.98 Å². The fourth-order valence-corrected chi connectivity index (χ4v) is 6.80. The molecule has 2 nitrogen and oxygen atoms in total. The van der Waals surface area contributed by atoms with Gasteiger partial charge in [0.1, 0.15) is 5.44 Å². The zero-order chi connectivity index (χ0) is 22.1. The van der Waals surface area contributed by atoms with Crippen molar-refractivity contribution < 1.29 is 4.57 Å². The van der Waals surface area contributed by atoms with Crippen LogP contribution >= 0.6 is 7.14 Å². The molecule has 0 unspecified atom stereocenters. The Balaban J connectivity index is 1.87. The second kappa shape index (κ2) is 8.22. The Hall–Kier alpha value is -3.48. The van der Waals surface area contributed by atoms with Gasteiger partial charge in [0.2, 0.25) is 0 Å². The highest BCUT2D eigenvalue weighted by molar-refractivity contribution is 7.85. The number of aryl methyl sites for hydroxylation is 2. The van der Waals surface area contributed by atoms with Gasteiger partial charge in [-0.25, -0.2) is 4.98 Å². The molecular formula is C29H24NOP. The number of rotatable bonds is 4. The number of nitrogens with zero attached hydrogens (tertiary/aromatic N) is 1. The molecule has 0 amide bonds. The molecule has 0 atom stereocenters. The van der Waals surface area contributed by atoms with Crippen molar-refractivity contribution >= 4 is 34.0 Å². The SMILES string of the molecule is Cc1ccc(P(=O)(c2ccc(C)cc2)c2nc(-c3ccccc3)cc3ccccc23)cc1. The summed E-state index contributed by atoms with van der Waals surface area (Å²) >= 11 is 0. The number of hydrogen-bond donors (Lipinski definition) is 0. The monoisotopic (exact) mass is 433 g/mol. The van der Waals surface area contributed by atoms with Crippen LogP contribution in [-0.4, -0.2) is 4.98 Å². The topological polar surface area (TPSA) is 30.0 Å². The Labute approximate surface area is 189 Å². The van der Waals surface area contributed by atoms with Gasteiger partial charge in [0.05, 0.1) is 5.69 Å². The van der Waals surface area contributed by atoms with E-state index in [0.717, 1.165) is 43.8 Å². The lowest BCUT2D eigenvalue weighted by molar-refractivity contribution is 0.592. The smallest absolute Gasteiger partial charge is 0.189 e. The largest absolute Gasteiger partial charge is 0.307 e. The molecule has 0 aliphatic rings. The Kier molecular flexibility index (Phi) is 5.25. The molecule has 0 saturated heterocycles. The fourth-order valence-electron chi connectivity index (χ4n) is 4.08. The summed E-state index contributed by atoms with van der Waals surface area (Å²) in [6.45, 7) is 4.09. The third kappa shape index (κ3) is 3.57. The Morgan fingerprint density at radius 3 is 1.75 bits per heavy atom. The van der Waals surface area contributed by atoms with Crippen LogP contribution in [0.5, 0.6) is 0 Å². The number of benzene rings is 4. The van der Waals surface area contributed by atoms with E-state index in [2.05, 4.69) is 12.1 Å². The lowest BCUT2D eigenvalue weighted by Gasteiger charge is -2.22. The molecule has 0 N–H and O–H groups in total. The average molecular weight is 433 g/mol. The van der Waals surface area contributed by atoms with E-state index >= 15 is 4.57 Å². The van der Waals surface area contributed by atoms with Gasteiger partial charge < -0.3 is 4.57 Å². The molecule has 0 fully saturated rings. The maximum absolute atomic E-state index is 15.2. The summed E-state index contributed by atoms with van der Waals surface area (Å²) in [5, 5.41) is 3.57. The Bertz CT molecular complexity index is 1390. The second-order valence-corrected chi connectivity index (χ2v) is 10.9. The van der Waals surface area contributed by atoms with Gasteiger partial charge in [0.15, 0.2) is 7.14 Å². The highest BCUT2D eigenvalue weighted by Gasteiger charge is 2.33. The summed E-state index contributed by atoms with van der Waals surface area (Å²) in [5.74, 6) is 0. The summed E-state index contributed by atoms with van der Waals surface area (Å²) in [4.78, 5) is 5.08. The van der Waals surface area contributed by atoms with Crippen LogP contribution in [0.3, 0.4) is 0 Å². The van der Waals surface area contributed by atoms with Gasteiger partial charge in [0, 0.05) is 21.6 Å². The first-order valence-corrected chi connectivity index (χ1v) is 12.5. The maximum Gasteiger partial charge on any atom is 0.189 e. The number of fused-ring (bicyclic) bond motifs is 1. The predicted octanol–water partition coefficient (Wildman–Crippen LogP) is 6.16. The predicted molar refractivity (Wildman–Crippen MR) is 136 cm³/mol. The lowest BCUT2D eigenvalue weighted by Crippen LogP contribution is -2.28. The minimum atomic E-state index is -3.22. The molecule has 0 saturated carbocycles. The molecule has 1 heterocycles. The minimum Gasteiger partial charge on any atom is -0.307 e. The van der Waals surface area contributed by atoms with Crippen molar-refractivity contribution in [1.29, 1.82) is 0 Å². The van der Waals surface area contributed by atoms with E-state index in [1.54, 1.807) is 0 Å². The highest BCUT2D eigenvalue weighted by atomic mass is 31.2. The van der Waals surface area contributed by atoms with Gasteiger partial charge >= 0.3 is 0 Å². The molecule has 0 aliphatic carbocycles. The summed E-state index contributed by atoms with van der Waals surface area (Å²) in [7, 11) is -3.22. The van der Waals surface area contributed by atoms with Crippen LogP contribution in [0.2, 0.25) is 0 Å². The van der Waals surface area contributed by atoms with Crippen molar-refractivity contribution in [2.45, 2.75) is 13.8 Å². The highest BCUT2D eigenvalue weighted by Crippen LogP contribution is 2.44. The molecule has 3 heteroatoms. The van der Waals surface area contributed by atoms with Crippen molar-refractivity contribution in [3.05, 3.63) is 120 Å². The molecule has 0 bridgehead atoms. The average Bonchev–Trinajstić information content (AvgIpc) is 2.84. The molecule has 5 aromatic rings. The van der Waals surface area contributed by atoms with Crippen LogP contribution in [0.1, 0.15) is 11.1 Å². The van der Waals surface area contributed by atoms with E-state index in [1.807, 2.05) is 111 Å². The number of hydrogen-bond acceptors (Lipinski definition) is 2. The zero-order valence-electron chi connectivity index (χ0n) is 18.2. The summed E-state index contributed by atoms with van der Waals surface area (Å²) in [6.07, 6.45) is 0. The van der Waals surface area contributed by atoms with Crippen molar-refractivity contribution in [3.8, 4) is 11.3 Å². The van der Waals surface area contributed by atoms with E-state index < -0.39 is 7.14 Å². The fraction of sp³-hybridized carbons (Fsp3) is 0.0690. The first kappa shape index (κ1) is 20.4. The molecule has 0 spiro atoms. The normalized spacial score (nSPS) is 11.6. The van der Waals surface area contributed by atoms with Crippen molar-refractivity contribution in [1.82, 2.24) is 4.98 Å². The van der Waals surface area contributed by atoms with Gasteiger partial charge in [-0.1, -0.05) is 114 Å². The summed E-state index contributed by atoms with van der Waals surface area (Å²) < 4.78 is 15.2. The molecule has 4 aromatic carbocycles. The summed E-state index contributed by atoms with van der Waals surface area (Å²) in [6, 6.07) is 36.3. The van der Waals surface area contributed by atoms with Gasteiger partial charge in [-0.15, -0.1) is 0 Å². The Morgan fingerprint density at radius 2 is 1.16 bits per heavy atom. The third-order valence-electron chi connectivity index (χ3n) is 5.88. The molecule has 156 valence electrons. The van der Waals surface area contributed by atoms with E-state index in [1.165, 1.54) is 0 Å². The van der Waals surface area contributed by atoms with Crippen LogP contribution in [-0.2, 0) is 4.57 Å². The van der Waals surface area contributed by atoms with Crippen LogP contribution in [0, 0.1) is 13.8 Å². The van der Waals surface area contributed by atoms with Crippen molar-refractivity contribution in [3.63, 3.8) is 0 Å². The molecule has 5 rings (SSSR count). The van der Waals surface area contributed by atoms with E-state index in [-0.39, 0.29) is 0 Å². The Morgan fingerprint density at radius 1 is 0.625 bits per heavy atom. The van der Waals surface area contributed by atoms with Gasteiger partial charge in [0.25, 0.3) is 0 Å². The van der Waals surface area contributed by atoms with Crippen molar-refractivity contribution in [2.75, 3.05) is 0 Å². The van der Waals surface area contributed by atoms with E-state index in [9.17, 15) is 0 Å². The number of pyridine rings is 1. The first-order valence-electron chi connectivity index (χ1n) is 10.8. The summed E-state index contributed by atoms with van der Waals surface area (Å²) in [5.41, 5.74) is 4.76. The quantitative estimate of drug-likeness (QED) is 0.318. The zero-order valence-corrected chi connectivity index (χ0v) is 19.1. The van der Waals surface area contributed by atoms with Gasteiger partial charge in [-0.05, 0) is 25.3 Å². The van der Waals surface area contributed by atoms with Crippen LogP contribution < -0.4 is 16.0 Å². The second-order valence-electron chi connectivity index (χ2n) is 8.20.